The third kappa shape index (κ3) is 4.20. The Morgan fingerprint density at radius 3 is 2.38 bits per heavy atom. The number of nitrogens with zero attached hydrogens (tertiary/aromatic N) is 1. The van der Waals surface area contributed by atoms with Crippen molar-refractivity contribution in [2.45, 2.75) is 71.4 Å². The summed E-state index contributed by atoms with van der Waals surface area (Å²) in [4.78, 5) is 2.69. The maximum Gasteiger partial charge on any atom is 0.0491 e. The summed E-state index contributed by atoms with van der Waals surface area (Å²) in [5, 5.41) is 0. The van der Waals surface area contributed by atoms with Crippen molar-refractivity contribution in [1.82, 2.24) is 4.90 Å². The number of hydrogen-bond acceptors (Lipinski definition) is 3. The molecule has 0 aromatic carbocycles. The van der Waals surface area contributed by atoms with Crippen LogP contribution in [0.25, 0.3) is 0 Å². The molecule has 124 valence electrons. The Morgan fingerprint density at radius 2 is 1.81 bits per heavy atom. The van der Waals surface area contributed by atoms with Crippen LogP contribution in [-0.4, -0.2) is 43.8 Å². The third-order valence-corrected chi connectivity index (χ3v) is 6.41. The van der Waals surface area contributed by atoms with Crippen molar-refractivity contribution in [1.29, 1.82) is 0 Å². The molecule has 1 heterocycles. The first kappa shape index (κ1) is 17.2. The molecule has 21 heavy (non-hydrogen) atoms. The van der Waals surface area contributed by atoms with Crippen molar-refractivity contribution in [3.8, 4) is 0 Å². The van der Waals surface area contributed by atoms with Crippen LogP contribution in [0.5, 0.6) is 0 Å². The molecule has 0 amide bonds. The highest BCUT2D eigenvalue weighted by Crippen LogP contribution is 2.41. The number of piperidine rings is 1. The van der Waals surface area contributed by atoms with Gasteiger partial charge in [0.25, 0.3) is 0 Å². The van der Waals surface area contributed by atoms with Crippen LogP contribution in [0.1, 0.15) is 59.3 Å². The lowest BCUT2D eigenvalue weighted by molar-refractivity contribution is 0.0286. The summed E-state index contributed by atoms with van der Waals surface area (Å²) in [6, 6.07) is 0.992. The van der Waals surface area contributed by atoms with Crippen molar-refractivity contribution < 1.29 is 4.74 Å². The van der Waals surface area contributed by atoms with Crippen LogP contribution < -0.4 is 5.73 Å². The van der Waals surface area contributed by atoms with Gasteiger partial charge in [0, 0.05) is 25.8 Å². The number of likely N-dealkylation sites (tertiary alicyclic amines) is 1. The molecule has 1 saturated heterocycles. The van der Waals surface area contributed by atoms with Gasteiger partial charge < -0.3 is 10.5 Å². The van der Waals surface area contributed by atoms with Crippen molar-refractivity contribution >= 4 is 0 Å². The lowest BCUT2D eigenvalue weighted by Gasteiger charge is -2.47. The van der Waals surface area contributed by atoms with E-state index in [2.05, 4.69) is 25.7 Å². The molecule has 2 N–H and O–H groups in total. The zero-order valence-electron chi connectivity index (χ0n) is 14.6. The van der Waals surface area contributed by atoms with Gasteiger partial charge in [0.2, 0.25) is 0 Å². The average Bonchev–Trinajstić information content (AvgIpc) is 2.49. The van der Waals surface area contributed by atoms with Gasteiger partial charge in [-0.2, -0.15) is 0 Å². The Labute approximate surface area is 131 Å². The molecule has 2 fully saturated rings. The van der Waals surface area contributed by atoms with Gasteiger partial charge >= 0.3 is 0 Å². The predicted molar refractivity (Wildman–Crippen MR) is 89.3 cm³/mol. The van der Waals surface area contributed by atoms with E-state index >= 15 is 0 Å². The molecule has 0 aromatic heterocycles. The van der Waals surface area contributed by atoms with Crippen molar-refractivity contribution in [3.05, 3.63) is 0 Å². The Balaban J connectivity index is 1.92. The Hall–Kier alpha value is -0.120. The molecule has 2 aliphatic rings. The fourth-order valence-corrected chi connectivity index (χ4v) is 4.28. The molecule has 3 atom stereocenters. The summed E-state index contributed by atoms with van der Waals surface area (Å²) >= 11 is 0. The number of methoxy groups -OCH3 is 1. The van der Waals surface area contributed by atoms with E-state index in [1.807, 2.05) is 7.11 Å². The van der Waals surface area contributed by atoms with Crippen molar-refractivity contribution in [3.63, 3.8) is 0 Å². The van der Waals surface area contributed by atoms with Crippen LogP contribution in [0.2, 0.25) is 0 Å². The second-order valence-corrected chi connectivity index (χ2v) is 8.02. The molecule has 3 heteroatoms. The van der Waals surface area contributed by atoms with E-state index in [0.717, 1.165) is 18.4 Å². The number of rotatable bonds is 5. The number of hydrogen-bond donors (Lipinski definition) is 1. The quantitative estimate of drug-likeness (QED) is 0.846. The standard InChI is InChI=1S/C18H36N2O/c1-5-18(2,3)15-6-7-16(19)17(12-15)20-10-8-14(9-11-20)13-21-4/h14-17H,5-13,19H2,1-4H3. The first-order valence-electron chi connectivity index (χ1n) is 8.96. The van der Waals surface area contributed by atoms with Crippen LogP contribution in [0.15, 0.2) is 0 Å². The Morgan fingerprint density at radius 1 is 1.14 bits per heavy atom. The number of ether oxygens (including phenoxy) is 1. The normalized spacial score (nSPS) is 33.3. The Bertz CT molecular complexity index is 310. The van der Waals surface area contributed by atoms with Crippen LogP contribution in [0.4, 0.5) is 0 Å². The zero-order chi connectivity index (χ0) is 15.5. The Kier molecular flexibility index (Phi) is 6.10. The van der Waals surface area contributed by atoms with E-state index in [1.165, 1.54) is 51.6 Å². The van der Waals surface area contributed by atoms with E-state index in [0.29, 0.717) is 17.5 Å². The van der Waals surface area contributed by atoms with Gasteiger partial charge in [-0.3, -0.25) is 4.90 Å². The summed E-state index contributed by atoms with van der Waals surface area (Å²) in [6.45, 7) is 10.6. The molecule has 0 spiro atoms. The molecule has 2 rings (SSSR count). The predicted octanol–water partition coefficient (Wildman–Crippen LogP) is 3.28. The first-order valence-corrected chi connectivity index (χ1v) is 8.96. The summed E-state index contributed by atoms with van der Waals surface area (Å²) in [5.74, 6) is 1.60. The molecule has 1 aliphatic heterocycles. The van der Waals surface area contributed by atoms with Crippen LogP contribution in [0.3, 0.4) is 0 Å². The van der Waals surface area contributed by atoms with Crippen LogP contribution >= 0.6 is 0 Å². The molecule has 0 radical (unpaired) electrons. The van der Waals surface area contributed by atoms with E-state index in [-0.39, 0.29) is 0 Å². The van der Waals surface area contributed by atoms with Gasteiger partial charge in [0.15, 0.2) is 0 Å². The van der Waals surface area contributed by atoms with Crippen molar-refractivity contribution in [2.75, 3.05) is 26.8 Å². The molecular formula is C18H36N2O. The lowest BCUT2D eigenvalue weighted by Crippen LogP contribution is -2.54. The zero-order valence-corrected chi connectivity index (χ0v) is 14.6. The smallest absolute Gasteiger partial charge is 0.0491 e. The maximum atomic E-state index is 6.48. The molecule has 1 aliphatic carbocycles. The minimum absolute atomic E-state index is 0.382. The summed E-state index contributed by atoms with van der Waals surface area (Å²) in [6.07, 6.45) is 7.65. The second kappa shape index (κ2) is 7.43. The molecular weight excluding hydrogens is 260 g/mol. The average molecular weight is 296 g/mol. The van der Waals surface area contributed by atoms with Gasteiger partial charge in [0.05, 0.1) is 0 Å². The minimum Gasteiger partial charge on any atom is -0.384 e. The van der Waals surface area contributed by atoms with Gasteiger partial charge in [-0.05, 0) is 62.4 Å². The largest absolute Gasteiger partial charge is 0.384 e. The highest BCUT2D eigenvalue weighted by Gasteiger charge is 2.39. The minimum atomic E-state index is 0.382. The second-order valence-electron chi connectivity index (χ2n) is 8.02. The molecule has 1 saturated carbocycles. The van der Waals surface area contributed by atoms with E-state index in [1.54, 1.807) is 0 Å². The lowest BCUT2D eigenvalue weighted by atomic mass is 9.67. The van der Waals surface area contributed by atoms with Gasteiger partial charge in [-0.1, -0.05) is 27.2 Å². The van der Waals surface area contributed by atoms with Gasteiger partial charge in [0.1, 0.15) is 0 Å². The van der Waals surface area contributed by atoms with Crippen LogP contribution in [0, 0.1) is 17.3 Å². The molecule has 0 aromatic rings. The summed E-state index contributed by atoms with van der Waals surface area (Å²) < 4.78 is 5.32. The highest BCUT2D eigenvalue weighted by atomic mass is 16.5. The fourth-order valence-electron chi connectivity index (χ4n) is 4.28. The monoisotopic (exact) mass is 296 g/mol. The first-order chi connectivity index (χ1) is 9.97. The fraction of sp³-hybridized carbons (Fsp3) is 1.00. The maximum absolute atomic E-state index is 6.48. The van der Waals surface area contributed by atoms with E-state index in [9.17, 15) is 0 Å². The summed E-state index contributed by atoms with van der Waals surface area (Å²) in [7, 11) is 1.82. The van der Waals surface area contributed by atoms with E-state index in [4.69, 9.17) is 10.5 Å². The molecule has 0 bridgehead atoms. The summed E-state index contributed by atoms with van der Waals surface area (Å²) in [5.41, 5.74) is 6.95. The van der Waals surface area contributed by atoms with Crippen molar-refractivity contribution in [2.24, 2.45) is 23.0 Å². The molecule has 3 nitrogen and oxygen atoms in total. The number of nitrogens with two attached hydrogens (primary N) is 1. The van der Waals surface area contributed by atoms with Gasteiger partial charge in [-0.15, -0.1) is 0 Å². The van der Waals surface area contributed by atoms with Gasteiger partial charge in [-0.25, -0.2) is 0 Å². The third-order valence-electron chi connectivity index (χ3n) is 6.41. The SMILES string of the molecule is CCC(C)(C)C1CCC(N)C(N2CCC(COC)CC2)C1. The van der Waals surface area contributed by atoms with E-state index < -0.39 is 0 Å². The van der Waals surface area contributed by atoms with Crippen LogP contribution in [-0.2, 0) is 4.74 Å². The topological polar surface area (TPSA) is 38.5 Å². The molecule has 3 unspecified atom stereocenters. The highest BCUT2D eigenvalue weighted by molar-refractivity contribution is 4.94.